The second kappa shape index (κ2) is 6.23. The molecule has 1 unspecified atom stereocenters. The molecule has 0 aliphatic carbocycles. The van der Waals surface area contributed by atoms with Crippen molar-refractivity contribution < 1.29 is 13.2 Å². The molecule has 1 amide bonds. The monoisotopic (exact) mass is 299 g/mol. The fraction of sp³-hybridized carbons (Fsp3) is 0.462. The number of hydrogen-bond donors (Lipinski definition) is 1. The first kappa shape index (κ1) is 16.5. The topological polar surface area (TPSA) is 69.7 Å². The third-order valence-electron chi connectivity index (χ3n) is 2.83. The SMILES string of the molecule is CC(Nc1ccc(S(=O)(=O)N(C)C)cc1)C(=O)N(C)C. The summed E-state index contributed by atoms with van der Waals surface area (Å²) in [6.07, 6.45) is 0. The van der Waals surface area contributed by atoms with Crippen molar-refractivity contribution in [2.24, 2.45) is 0 Å². The standard InChI is InChI=1S/C13H21N3O3S/c1-10(13(17)15(2)3)14-11-6-8-12(9-7-11)20(18,19)16(4)5/h6-10,14H,1-5H3. The summed E-state index contributed by atoms with van der Waals surface area (Å²) in [5.74, 6) is -0.0463. The normalized spacial score (nSPS) is 13.1. The Kier molecular flexibility index (Phi) is 5.13. The van der Waals surface area contributed by atoms with E-state index < -0.39 is 10.0 Å². The number of sulfonamides is 1. The summed E-state index contributed by atoms with van der Waals surface area (Å²) >= 11 is 0. The molecule has 1 rings (SSSR count). The Bertz CT molecular complexity index is 565. The van der Waals surface area contributed by atoms with Crippen molar-refractivity contribution in [3.8, 4) is 0 Å². The second-order valence-electron chi connectivity index (χ2n) is 4.91. The summed E-state index contributed by atoms with van der Waals surface area (Å²) in [5.41, 5.74) is 0.699. The number of rotatable bonds is 5. The van der Waals surface area contributed by atoms with Gasteiger partial charge in [0, 0.05) is 33.9 Å². The molecule has 0 saturated heterocycles. The van der Waals surface area contributed by atoms with E-state index in [0.717, 1.165) is 4.31 Å². The third kappa shape index (κ3) is 3.71. The van der Waals surface area contributed by atoms with Crippen molar-refractivity contribution in [3.05, 3.63) is 24.3 Å². The number of carbonyl (C=O) groups is 1. The molecule has 112 valence electrons. The molecule has 0 heterocycles. The average molecular weight is 299 g/mol. The van der Waals surface area contributed by atoms with E-state index in [0.29, 0.717) is 5.69 Å². The van der Waals surface area contributed by atoms with Crippen LogP contribution in [0.4, 0.5) is 5.69 Å². The maximum Gasteiger partial charge on any atom is 0.244 e. The van der Waals surface area contributed by atoms with Gasteiger partial charge in [-0.05, 0) is 31.2 Å². The van der Waals surface area contributed by atoms with Gasteiger partial charge in [-0.2, -0.15) is 0 Å². The quantitative estimate of drug-likeness (QED) is 0.874. The van der Waals surface area contributed by atoms with Crippen molar-refractivity contribution in [2.45, 2.75) is 17.9 Å². The van der Waals surface area contributed by atoms with Crippen LogP contribution in [0.5, 0.6) is 0 Å². The molecular weight excluding hydrogens is 278 g/mol. The Labute approximate surface area is 120 Å². The number of hydrogen-bond acceptors (Lipinski definition) is 4. The average Bonchev–Trinajstić information content (AvgIpc) is 2.38. The molecule has 1 aromatic rings. The van der Waals surface area contributed by atoms with Crippen LogP contribution in [0.1, 0.15) is 6.92 Å². The highest BCUT2D eigenvalue weighted by atomic mass is 32.2. The maximum absolute atomic E-state index is 11.9. The first-order valence-corrected chi connectivity index (χ1v) is 7.60. The van der Waals surface area contributed by atoms with E-state index in [9.17, 15) is 13.2 Å². The molecule has 20 heavy (non-hydrogen) atoms. The first-order chi connectivity index (χ1) is 9.16. The maximum atomic E-state index is 11.9. The summed E-state index contributed by atoms with van der Waals surface area (Å²) in [6, 6.07) is 5.96. The lowest BCUT2D eigenvalue weighted by Crippen LogP contribution is -2.36. The van der Waals surface area contributed by atoms with Crippen LogP contribution in [0.3, 0.4) is 0 Å². The van der Waals surface area contributed by atoms with Gasteiger partial charge in [-0.25, -0.2) is 12.7 Å². The van der Waals surface area contributed by atoms with Crippen LogP contribution in [-0.4, -0.2) is 57.8 Å². The lowest BCUT2D eigenvalue weighted by molar-refractivity contribution is -0.129. The van der Waals surface area contributed by atoms with Crippen LogP contribution < -0.4 is 5.32 Å². The summed E-state index contributed by atoms with van der Waals surface area (Å²) in [7, 11) is 2.92. The minimum absolute atomic E-state index is 0.0463. The van der Waals surface area contributed by atoms with Gasteiger partial charge < -0.3 is 10.2 Å². The van der Waals surface area contributed by atoms with E-state index in [1.165, 1.54) is 31.1 Å². The lowest BCUT2D eigenvalue weighted by Gasteiger charge is -2.19. The predicted octanol–water partition coefficient (Wildman–Crippen LogP) is 0.825. The van der Waals surface area contributed by atoms with Gasteiger partial charge in [0.1, 0.15) is 6.04 Å². The highest BCUT2D eigenvalue weighted by molar-refractivity contribution is 7.89. The minimum Gasteiger partial charge on any atom is -0.374 e. The van der Waals surface area contributed by atoms with Crippen molar-refractivity contribution >= 4 is 21.6 Å². The van der Waals surface area contributed by atoms with Crippen LogP contribution in [-0.2, 0) is 14.8 Å². The fourth-order valence-electron chi connectivity index (χ4n) is 1.63. The third-order valence-corrected chi connectivity index (χ3v) is 4.66. The Morgan fingerprint density at radius 2 is 1.60 bits per heavy atom. The lowest BCUT2D eigenvalue weighted by atomic mass is 10.2. The van der Waals surface area contributed by atoms with E-state index in [2.05, 4.69) is 5.32 Å². The molecule has 6 nitrogen and oxygen atoms in total. The van der Waals surface area contributed by atoms with E-state index >= 15 is 0 Å². The number of anilines is 1. The van der Waals surface area contributed by atoms with Crippen molar-refractivity contribution in [1.29, 1.82) is 0 Å². The van der Waals surface area contributed by atoms with Gasteiger partial charge in [-0.3, -0.25) is 4.79 Å². The molecule has 0 saturated carbocycles. The molecule has 0 aromatic heterocycles. The van der Waals surface area contributed by atoms with Crippen LogP contribution >= 0.6 is 0 Å². The van der Waals surface area contributed by atoms with Gasteiger partial charge in [-0.15, -0.1) is 0 Å². The zero-order valence-electron chi connectivity index (χ0n) is 12.4. The van der Waals surface area contributed by atoms with Crippen LogP contribution in [0.15, 0.2) is 29.2 Å². The molecule has 0 spiro atoms. The van der Waals surface area contributed by atoms with E-state index in [-0.39, 0.29) is 16.8 Å². The Morgan fingerprint density at radius 1 is 1.10 bits per heavy atom. The van der Waals surface area contributed by atoms with Crippen LogP contribution in [0, 0.1) is 0 Å². The number of carbonyl (C=O) groups excluding carboxylic acids is 1. The van der Waals surface area contributed by atoms with Crippen molar-refractivity contribution in [3.63, 3.8) is 0 Å². The summed E-state index contributed by atoms with van der Waals surface area (Å²) in [6.45, 7) is 1.76. The van der Waals surface area contributed by atoms with Crippen molar-refractivity contribution in [2.75, 3.05) is 33.5 Å². The molecule has 0 fully saturated rings. The molecule has 1 aromatic carbocycles. The smallest absolute Gasteiger partial charge is 0.244 e. The Morgan fingerprint density at radius 3 is 2.00 bits per heavy atom. The van der Waals surface area contributed by atoms with E-state index in [4.69, 9.17) is 0 Å². The number of likely N-dealkylation sites (N-methyl/N-ethyl adjacent to an activating group) is 1. The summed E-state index contributed by atoms with van der Waals surface area (Å²) in [4.78, 5) is 13.4. The fourth-order valence-corrected chi connectivity index (χ4v) is 2.53. The molecule has 0 aliphatic rings. The molecule has 0 radical (unpaired) electrons. The van der Waals surface area contributed by atoms with E-state index in [1.54, 1.807) is 33.2 Å². The highest BCUT2D eigenvalue weighted by Gasteiger charge is 2.18. The summed E-state index contributed by atoms with van der Waals surface area (Å²) in [5, 5.41) is 3.03. The summed E-state index contributed by atoms with van der Waals surface area (Å²) < 4.78 is 25.0. The van der Waals surface area contributed by atoms with Gasteiger partial charge in [0.25, 0.3) is 0 Å². The van der Waals surface area contributed by atoms with Gasteiger partial charge in [0.15, 0.2) is 0 Å². The first-order valence-electron chi connectivity index (χ1n) is 6.16. The molecule has 7 heteroatoms. The van der Waals surface area contributed by atoms with Gasteiger partial charge >= 0.3 is 0 Å². The number of nitrogens with one attached hydrogen (secondary N) is 1. The minimum atomic E-state index is -3.42. The molecule has 0 aliphatic heterocycles. The zero-order valence-corrected chi connectivity index (χ0v) is 13.2. The van der Waals surface area contributed by atoms with Crippen molar-refractivity contribution in [1.82, 2.24) is 9.21 Å². The largest absolute Gasteiger partial charge is 0.374 e. The van der Waals surface area contributed by atoms with E-state index in [1.807, 2.05) is 0 Å². The van der Waals surface area contributed by atoms with Gasteiger partial charge in [0.2, 0.25) is 15.9 Å². The Balaban J connectivity index is 2.86. The molecule has 1 N–H and O–H groups in total. The molecular formula is C13H21N3O3S. The van der Waals surface area contributed by atoms with Crippen LogP contribution in [0.2, 0.25) is 0 Å². The zero-order chi connectivity index (χ0) is 15.5. The predicted molar refractivity (Wildman–Crippen MR) is 79.1 cm³/mol. The van der Waals surface area contributed by atoms with Gasteiger partial charge in [0.05, 0.1) is 4.90 Å². The van der Waals surface area contributed by atoms with Crippen LogP contribution in [0.25, 0.3) is 0 Å². The number of nitrogens with zero attached hydrogens (tertiary/aromatic N) is 2. The highest BCUT2D eigenvalue weighted by Crippen LogP contribution is 2.17. The number of benzene rings is 1. The van der Waals surface area contributed by atoms with Gasteiger partial charge in [-0.1, -0.05) is 0 Å². The Hall–Kier alpha value is -1.60. The second-order valence-corrected chi connectivity index (χ2v) is 7.06. The number of amides is 1. The molecule has 0 bridgehead atoms. The molecule has 1 atom stereocenters.